The monoisotopic (exact) mass is 359 g/mol. The molecule has 26 heavy (non-hydrogen) atoms. The summed E-state index contributed by atoms with van der Waals surface area (Å²) in [5, 5.41) is 4.19. The Morgan fingerprint density at radius 3 is 2.50 bits per heavy atom. The van der Waals surface area contributed by atoms with Crippen molar-refractivity contribution in [2.24, 2.45) is 5.73 Å². The molecule has 0 unspecified atom stereocenters. The van der Waals surface area contributed by atoms with Gasteiger partial charge in [-0.2, -0.15) is 0 Å². The number of thiazole rings is 1. The second kappa shape index (κ2) is 6.98. The molecular weight excluding hydrogens is 342 g/mol. The van der Waals surface area contributed by atoms with E-state index >= 15 is 0 Å². The van der Waals surface area contributed by atoms with Crippen molar-refractivity contribution in [3.8, 4) is 10.6 Å². The zero-order valence-corrected chi connectivity index (χ0v) is 14.7. The number of nitrogens with zero attached hydrogens (tertiary/aromatic N) is 1. The molecule has 1 amide bonds. The number of nitrogens with two attached hydrogens (primary N) is 1. The molecule has 0 saturated carbocycles. The highest BCUT2D eigenvalue weighted by atomic mass is 32.1. The quantitative estimate of drug-likeness (QED) is 0.547. The normalized spacial score (nSPS) is 12.0. The molecule has 0 bridgehead atoms. The number of nitrogens with one attached hydrogen (secondary N) is 1. The van der Waals surface area contributed by atoms with Crippen LogP contribution in [0, 0.1) is 0 Å². The summed E-state index contributed by atoms with van der Waals surface area (Å²) >= 11 is 1.65. The minimum atomic E-state index is -0.582. The lowest BCUT2D eigenvalue weighted by Crippen LogP contribution is -2.27. The van der Waals surface area contributed by atoms with Crippen molar-refractivity contribution >= 4 is 33.1 Å². The fourth-order valence-corrected chi connectivity index (χ4v) is 3.83. The number of para-hydroxylation sites is 1. The van der Waals surface area contributed by atoms with Crippen LogP contribution < -0.4 is 11.1 Å². The molecular formula is C21H17N3OS. The number of aromatic nitrogens is 1. The number of hydrogen-bond donors (Lipinski definition) is 2. The number of carbonyl (C=O) groups is 1. The molecule has 1 aromatic heterocycles. The van der Waals surface area contributed by atoms with Crippen LogP contribution in [0.1, 0.15) is 11.6 Å². The summed E-state index contributed by atoms with van der Waals surface area (Å²) in [7, 11) is 0. The fraction of sp³-hybridized carbons (Fsp3) is 0.0476. The summed E-state index contributed by atoms with van der Waals surface area (Å²) in [6.45, 7) is 0. The third-order valence-corrected chi connectivity index (χ3v) is 5.22. The summed E-state index contributed by atoms with van der Waals surface area (Å²) in [5.74, 6) is -0.415. The molecule has 1 atom stereocenters. The van der Waals surface area contributed by atoms with Crippen molar-refractivity contribution < 1.29 is 4.79 Å². The van der Waals surface area contributed by atoms with Crippen molar-refractivity contribution in [3.63, 3.8) is 0 Å². The Labute approximate surface area is 155 Å². The molecule has 5 heteroatoms. The maximum absolute atomic E-state index is 11.9. The molecule has 4 nitrogen and oxygen atoms in total. The highest BCUT2D eigenvalue weighted by Gasteiger charge is 2.17. The van der Waals surface area contributed by atoms with Gasteiger partial charge in [-0.1, -0.05) is 54.6 Å². The Morgan fingerprint density at radius 1 is 0.962 bits per heavy atom. The van der Waals surface area contributed by atoms with Gasteiger partial charge < -0.3 is 11.1 Å². The summed E-state index contributed by atoms with van der Waals surface area (Å²) in [5.41, 5.74) is 9.27. The first kappa shape index (κ1) is 16.3. The number of rotatable bonds is 5. The Bertz CT molecular complexity index is 1030. The molecule has 0 spiro atoms. The highest BCUT2D eigenvalue weighted by Crippen LogP contribution is 2.32. The minimum Gasteiger partial charge on any atom is -0.370 e. The number of anilines is 1. The van der Waals surface area contributed by atoms with E-state index in [1.54, 1.807) is 11.3 Å². The van der Waals surface area contributed by atoms with Crippen molar-refractivity contribution in [2.45, 2.75) is 6.04 Å². The average Bonchev–Trinajstić information content (AvgIpc) is 3.11. The predicted octanol–water partition coefficient (Wildman–Crippen LogP) is 4.60. The largest absolute Gasteiger partial charge is 0.370 e. The molecule has 4 aromatic rings. The van der Waals surface area contributed by atoms with E-state index in [4.69, 9.17) is 10.7 Å². The van der Waals surface area contributed by atoms with Gasteiger partial charge in [-0.15, -0.1) is 11.3 Å². The van der Waals surface area contributed by atoms with Crippen LogP contribution in [0.25, 0.3) is 20.8 Å². The SMILES string of the molecule is NC(=O)[C@@H](Nc1cccc(-c2nc3ccccc3s2)c1)c1ccccc1. The van der Waals surface area contributed by atoms with Crippen LogP contribution in [-0.2, 0) is 4.79 Å². The third kappa shape index (κ3) is 3.30. The van der Waals surface area contributed by atoms with Crippen molar-refractivity contribution in [1.82, 2.24) is 4.98 Å². The summed E-state index contributed by atoms with van der Waals surface area (Å²) in [4.78, 5) is 16.6. The highest BCUT2D eigenvalue weighted by molar-refractivity contribution is 7.21. The zero-order valence-electron chi connectivity index (χ0n) is 13.9. The van der Waals surface area contributed by atoms with E-state index in [1.807, 2.05) is 72.8 Å². The maximum atomic E-state index is 11.9. The van der Waals surface area contributed by atoms with Crippen molar-refractivity contribution in [2.75, 3.05) is 5.32 Å². The molecule has 0 aliphatic rings. The van der Waals surface area contributed by atoms with Crippen LogP contribution in [0.3, 0.4) is 0 Å². The van der Waals surface area contributed by atoms with Crippen molar-refractivity contribution in [3.05, 3.63) is 84.4 Å². The smallest absolute Gasteiger partial charge is 0.244 e. The zero-order chi connectivity index (χ0) is 17.9. The molecule has 0 aliphatic carbocycles. The van der Waals surface area contributed by atoms with Crippen molar-refractivity contribution in [1.29, 1.82) is 0 Å². The third-order valence-electron chi connectivity index (χ3n) is 4.13. The number of primary amides is 1. The lowest BCUT2D eigenvalue weighted by atomic mass is 10.1. The molecule has 0 aliphatic heterocycles. The number of benzene rings is 3. The van der Waals surface area contributed by atoms with E-state index in [1.165, 1.54) is 0 Å². The van der Waals surface area contributed by atoms with Gasteiger partial charge in [0.25, 0.3) is 0 Å². The lowest BCUT2D eigenvalue weighted by molar-refractivity contribution is -0.118. The molecule has 0 fully saturated rings. The first-order valence-corrected chi connectivity index (χ1v) is 9.09. The summed E-state index contributed by atoms with van der Waals surface area (Å²) in [6.07, 6.45) is 0. The Hall–Kier alpha value is -3.18. The summed E-state index contributed by atoms with van der Waals surface area (Å²) in [6, 6.07) is 24.9. The Balaban J connectivity index is 1.65. The number of amides is 1. The second-order valence-corrected chi connectivity index (χ2v) is 6.99. The average molecular weight is 359 g/mol. The van der Waals surface area contributed by atoms with E-state index in [0.29, 0.717) is 0 Å². The second-order valence-electron chi connectivity index (χ2n) is 5.96. The fourth-order valence-electron chi connectivity index (χ4n) is 2.87. The molecule has 128 valence electrons. The molecule has 0 radical (unpaired) electrons. The van der Waals surface area contributed by atoms with Gasteiger partial charge in [0.15, 0.2) is 0 Å². The maximum Gasteiger partial charge on any atom is 0.244 e. The number of carbonyl (C=O) groups excluding carboxylic acids is 1. The van der Waals surface area contributed by atoms with Gasteiger partial charge in [-0.3, -0.25) is 4.79 Å². The van der Waals surface area contributed by atoms with Gasteiger partial charge in [0.1, 0.15) is 11.0 Å². The lowest BCUT2D eigenvalue weighted by Gasteiger charge is -2.17. The number of hydrogen-bond acceptors (Lipinski definition) is 4. The van der Waals surface area contributed by atoms with Crippen LogP contribution in [0.4, 0.5) is 5.69 Å². The topological polar surface area (TPSA) is 68.0 Å². The van der Waals surface area contributed by atoms with E-state index in [0.717, 1.165) is 32.0 Å². The van der Waals surface area contributed by atoms with Gasteiger partial charge in [0.05, 0.1) is 10.2 Å². The van der Waals surface area contributed by atoms with E-state index in [2.05, 4.69) is 11.4 Å². The van der Waals surface area contributed by atoms with E-state index in [-0.39, 0.29) is 0 Å². The molecule has 0 saturated heterocycles. The molecule has 4 rings (SSSR count). The minimum absolute atomic E-state index is 0.415. The van der Waals surface area contributed by atoms with Gasteiger partial charge in [-0.05, 0) is 29.8 Å². The van der Waals surface area contributed by atoms with Crippen LogP contribution in [0.2, 0.25) is 0 Å². The molecule has 3 aromatic carbocycles. The van der Waals surface area contributed by atoms with Gasteiger partial charge in [-0.25, -0.2) is 4.98 Å². The van der Waals surface area contributed by atoms with Gasteiger partial charge in [0, 0.05) is 11.3 Å². The first-order chi connectivity index (χ1) is 12.7. The molecule has 1 heterocycles. The standard InChI is InChI=1S/C21H17N3OS/c22-20(25)19(14-7-2-1-3-8-14)23-16-10-6-9-15(13-16)21-24-17-11-4-5-12-18(17)26-21/h1-13,19,23H,(H2,22,25)/t19-/m0/s1. The number of fused-ring (bicyclic) bond motifs is 1. The van der Waals surface area contributed by atoms with Crippen LogP contribution in [-0.4, -0.2) is 10.9 Å². The molecule has 3 N–H and O–H groups in total. The predicted molar refractivity (Wildman–Crippen MR) is 107 cm³/mol. The van der Waals surface area contributed by atoms with Crippen LogP contribution in [0.5, 0.6) is 0 Å². The van der Waals surface area contributed by atoms with Crippen LogP contribution in [0.15, 0.2) is 78.9 Å². The van der Waals surface area contributed by atoms with E-state index in [9.17, 15) is 4.79 Å². The van der Waals surface area contributed by atoms with Crippen LogP contribution >= 0.6 is 11.3 Å². The van der Waals surface area contributed by atoms with Gasteiger partial charge in [0.2, 0.25) is 5.91 Å². The van der Waals surface area contributed by atoms with E-state index < -0.39 is 11.9 Å². The summed E-state index contributed by atoms with van der Waals surface area (Å²) < 4.78 is 1.15. The first-order valence-electron chi connectivity index (χ1n) is 8.27. The Kier molecular flexibility index (Phi) is 4.37. The Morgan fingerprint density at radius 2 is 1.73 bits per heavy atom. The van der Waals surface area contributed by atoms with Gasteiger partial charge >= 0.3 is 0 Å².